The van der Waals surface area contributed by atoms with Crippen LogP contribution in [0.5, 0.6) is 11.5 Å². The third-order valence-electron chi connectivity index (χ3n) is 6.54. The summed E-state index contributed by atoms with van der Waals surface area (Å²) in [6.07, 6.45) is 0.738. The quantitative estimate of drug-likeness (QED) is 0.283. The number of carbonyl (C=O) groups excluding carboxylic acids is 2. The van der Waals surface area contributed by atoms with Crippen molar-refractivity contribution < 1.29 is 27.5 Å². The van der Waals surface area contributed by atoms with Gasteiger partial charge in [-0.25, -0.2) is 8.42 Å². The standard InChI is InChI=1S/C30H36BrN3O6S/c1-6-17-32-30(36)22(3)33(19-23-9-13-25(39-4)14-10-23)29(35)20-34(24-11-7-21(2)8-12-24)41(37,38)26-15-16-28(40-5)27(31)18-26/h7-16,18,22H,6,17,19-20H2,1-5H3,(H,32,36)/t22-/m0/s1. The minimum atomic E-state index is -4.20. The van der Waals surface area contributed by atoms with Crippen molar-refractivity contribution in [1.29, 1.82) is 0 Å². The van der Waals surface area contributed by atoms with Gasteiger partial charge in [0, 0.05) is 13.1 Å². The van der Waals surface area contributed by atoms with Gasteiger partial charge < -0.3 is 19.7 Å². The zero-order valence-electron chi connectivity index (χ0n) is 23.9. The van der Waals surface area contributed by atoms with Gasteiger partial charge in [0.15, 0.2) is 0 Å². The van der Waals surface area contributed by atoms with Gasteiger partial charge in [0.05, 0.1) is 29.3 Å². The van der Waals surface area contributed by atoms with Gasteiger partial charge in [-0.15, -0.1) is 0 Å². The second-order valence-electron chi connectivity index (χ2n) is 9.48. The van der Waals surface area contributed by atoms with Crippen molar-refractivity contribution >= 4 is 43.5 Å². The fourth-order valence-corrected chi connectivity index (χ4v) is 6.21. The number of amides is 2. The molecule has 3 aromatic rings. The van der Waals surface area contributed by atoms with Gasteiger partial charge >= 0.3 is 0 Å². The van der Waals surface area contributed by atoms with E-state index in [0.717, 1.165) is 21.9 Å². The molecule has 0 bridgehead atoms. The van der Waals surface area contributed by atoms with E-state index < -0.39 is 28.5 Å². The lowest BCUT2D eigenvalue weighted by Gasteiger charge is -2.32. The highest BCUT2D eigenvalue weighted by molar-refractivity contribution is 9.10. The fourth-order valence-electron chi connectivity index (χ4n) is 4.08. The lowest BCUT2D eigenvalue weighted by molar-refractivity contribution is -0.139. The zero-order chi connectivity index (χ0) is 30.2. The number of anilines is 1. The molecule has 0 spiro atoms. The third-order valence-corrected chi connectivity index (χ3v) is 8.93. The van der Waals surface area contributed by atoms with Crippen LogP contribution in [0.1, 0.15) is 31.4 Å². The molecule has 0 aromatic heterocycles. The highest BCUT2D eigenvalue weighted by Crippen LogP contribution is 2.31. The number of carbonyl (C=O) groups is 2. The van der Waals surface area contributed by atoms with E-state index in [1.165, 1.54) is 24.1 Å². The minimum Gasteiger partial charge on any atom is -0.497 e. The average molecular weight is 647 g/mol. The SMILES string of the molecule is CCCNC(=O)[C@H](C)N(Cc1ccc(OC)cc1)C(=O)CN(c1ccc(C)cc1)S(=O)(=O)c1ccc(OC)c(Br)c1. The van der Waals surface area contributed by atoms with E-state index in [0.29, 0.717) is 28.2 Å². The van der Waals surface area contributed by atoms with Crippen molar-refractivity contribution in [3.63, 3.8) is 0 Å². The van der Waals surface area contributed by atoms with Crippen LogP contribution in [-0.2, 0) is 26.2 Å². The van der Waals surface area contributed by atoms with E-state index in [2.05, 4.69) is 21.2 Å². The number of nitrogens with one attached hydrogen (secondary N) is 1. The van der Waals surface area contributed by atoms with Gasteiger partial charge in [-0.3, -0.25) is 13.9 Å². The summed E-state index contributed by atoms with van der Waals surface area (Å²) in [7, 11) is -1.15. The summed E-state index contributed by atoms with van der Waals surface area (Å²) in [6, 6.07) is 17.6. The van der Waals surface area contributed by atoms with Crippen LogP contribution in [0.2, 0.25) is 0 Å². The highest BCUT2D eigenvalue weighted by atomic mass is 79.9. The molecule has 41 heavy (non-hydrogen) atoms. The molecule has 9 nitrogen and oxygen atoms in total. The number of hydrogen-bond acceptors (Lipinski definition) is 6. The Morgan fingerprint density at radius 3 is 2.20 bits per heavy atom. The van der Waals surface area contributed by atoms with Crippen LogP contribution in [0.15, 0.2) is 76.1 Å². The third kappa shape index (κ3) is 8.01. The van der Waals surface area contributed by atoms with E-state index in [1.807, 2.05) is 13.8 Å². The van der Waals surface area contributed by atoms with Crippen LogP contribution in [0.3, 0.4) is 0 Å². The van der Waals surface area contributed by atoms with Crippen LogP contribution < -0.4 is 19.1 Å². The van der Waals surface area contributed by atoms with Gasteiger partial charge in [-0.2, -0.15) is 0 Å². The summed E-state index contributed by atoms with van der Waals surface area (Å²) in [4.78, 5) is 28.3. The first-order valence-electron chi connectivity index (χ1n) is 13.1. The molecular formula is C30H36BrN3O6S. The van der Waals surface area contributed by atoms with Gasteiger partial charge in [0.25, 0.3) is 10.0 Å². The van der Waals surface area contributed by atoms with Crippen molar-refractivity contribution in [3.8, 4) is 11.5 Å². The molecule has 0 fully saturated rings. The molecule has 0 aliphatic heterocycles. The van der Waals surface area contributed by atoms with Crippen molar-refractivity contribution in [2.75, 3.05) is 31.6 Å². The van der Waals surface area contributed by atoms with Crippen LogP contribution in [-0.4, -0.2) is 58.5 Å². The van der Waals surface area contributed by atoms with Crippen LogP contribution in [0.4, 0.5) is 5.69 Å². The lowest BCUT2D eigenvalue weighted by Crippen LogP contribution is -2.51. The Balaban J connectivity index is 2.03. The Hall–Kier alpha value is -3.57. The molecule has 0 radical (unpaired) electrons. The molecule has 0 heterocycles. The fraction of sp³-hybridized carbons (Fsp3) is 0.333. The predicted octanol–water partition coefficient (Wildman–Crippen LogP) is 4.91. The largest absolute Gasteiger partial charge is 0.497 e. The molecule has 3 rings (SSSR count). The number of hydrogen-bond donors (Lipinski definition) is 1. The summed E-state index contributed by atoms with van der Waals surface area (Å²) in [5.41, 5.74) is 2.02. The van der Waals surface area contributed by atoms with Crippen molar-refractivity contribution in [2.24, 2.45) is 0 Å². The molecule has 0 saturated carbocycles. The average Bonchev–Trinajstić information content (AvgIpc) is 2.97. The molecule has 0 aliphatic carbocycles. The number of methoxy groups -OCH3 is 2. The van der Waals surface area contributed by atoms with Crippen LogP contribution in [0.25, 0.3) is 0 Å². The Kier molecular flexibility index (Phi) is 11.2. The number of ether oxygens (including phenoxy) is 2. The minimum absolute atomic E-state index is 0.0195. The molecule has 0 aliphatic rings. The van der Waals surface area contributed by atoms with Crippen molar-refractivity contribution in [2.45, 2.75) is 44.7 Å². The first-order chi connectivity index (χ1) is 19.5. The maximum atomic E-state index is 14.0. The van der Waals surface area contributed by atoms with Gasteiger partial charge in [-0.05, 0) is 84.2 Å². The van der Waals surface area contributed by atoms with E-state index in [1.54, 1.807) is 68.6 Å². The van der Waals surface area contributed by atoms with Gasteiger partial charge in [-0.1, -0.05) is 36.8 Å². The maximum Gasteiger partial charge on any atom is 0.264 e. The lowest BCUT2D eigenvalue weighted by atomic mass is 10.1. The Bertz CT molecular complexity index is 1450. The van der Waals surface area contributed by atoms with Crippen molar-refractivity contribution in [3.05, 3.63) is 82.3 Å². The number of rotatable bonds is 13. The van der Waals surface area contributed by atoms with E-state index in [4.69, 9.17) is 9.47 Å². The molecule has 1 atom stereocenters. The molecule has 2 amide bonds. The first-order valence-corrected chi connectivity index (χ1v) is 15.4. The molecule has 3 aromatic carbocycles. The summed E-state index contributed by atoms with van der Waals surface area (Å²) >= 11 is 3.36. The Morgan fingerprint density at radius 1 is 0.976 bits per heavy atom. The van der Waals surface area contributed by atoms with Crippen LogP contribution in [0, 0.1) is 6.92 Å². The smallest absolute Gasteiger partial charge is 0.264 e. The highest BCUT2D eigenvalue weighted by Gasteiger charge is 2.32. The topological polar surface area (TPSA) is 105 Å². The second kappa shape index (κ2) is 14.4. The molecule has 1 N–H and O–H groups in total. The summed E-state index contributed by atoms with van der Waals surface area (Å²) in [5.74, 6) is 0.274. The monoisotopic (exact) mass is 645 g/mol. The number of benzene rings is 3. The van der Waals surface area contributed by atoms with E-state index in [-0.39, 0.29) is 17.3 Å². The molecular weight excluding hydrogens is 610 g/mol. The first kappa shape index (κ1) is 32.0. The Morgan fingerprint density at radius 2 is 1.63 bits per heavy atom. The molecule has 0 unspecified atom stereocenters. The predicted molar refractivity (Wildman–Crippen MR) is 163 cm³/mol. The van der Waals surface area contributed by atoms with E-state index in [9.17, 15) is 18.0 Å². The number of aryl methyl sites for hydroxylation is 1. The van der Waals surface area contributed by atoms with Crippen LogP contribution >= 0.6 is 15.9 Å². The van der Waals surface area contributed by atoms with Gasteiger partial charge in [0.1, 0.15) is 24.1 Å². The molecule has 0 saturated heterocycles. The molecule has 220 valence electrons. The second-order valence-corrected chi connectivity index (χ2v) is 12.2. The molecule has 11 heteroatoms. The number of halogens is 1. The van der Waals surface area contributed by atoms with E-state index >= 15 is 0 Å². The zero-order valence-corrected chi connectivity index (χ0v) is 26.3. The number of nitrogens with zero attached hydrogens (tertiary/aromatic N) is 2. The van der Waals surface area contributed by atoms with Crippen molar-refractivity contribution in [1.82, 2.24) is 10.2 Å². The maximum absolute atomic E-state index is 14.0. The summed E-state index contributed by atoms with van der Waals surface area (Å²) in [6.45, 7) is 5.51. The summed E-state index contributed by atoms with van der Waals surface area (Å²) < 4.78 is 40.0. The number of sulfonamides is 1. The normalized spacial score (nSPS) is 11.9. The van der Waals surface area contributed by atoms with Gasteiger partial charge in [0.2, 0.25) is 11.8 Å². The summed E-state index contributed by atoms with van der Waals surface area (Å²) in [5, 5.41) is 2.83. The Labute approximate surface area is 250 Å².